The van der Waals surface area contributed by atoms with Crippen LogP contribution in [0.25, 0.3) is 10.8 Å². The molecule has 1 amide bonds. The van der Waals surface area contributed by atoms with Gasteiger partial charge in [0.15, 0.2) is 0 Å². The van der Waals surface area contributed by atoms with Gasteiger partial charge in [-0.05, 0) is 25.3 Å². The number of nitrogens with zero attached hydrogens (tertiary/aromatic N) is 1. The Balaban J connectivity index is 2.50. The van der Waals surface area contributed by atoms with Crippen LogP contribution in [0.4, 0.5) is 4.79 Å². The second-order valence-corrected chi connectivity index (χ2v) is 4.17. The predicted octanol–water partition coefficient (Wildman–Crippen LogP) is 2.00. The lowest BCUT2D eigenvalue weighted by molar-refractivity contribution is -0.643. The van der Waals surface area contributed by atoms with E-state index in [4.69, 9.17) is 9.47 Å². The number of pyridine rings is 1. The maximum atomic E-state index is 12.2. The minimum absolute atomic E-state index is 0.245. The van der Waals surface area contributed by atoms with E-state index in [1.54, 1.807) is 32.2 Å². The van der Waals surface area contributed by atoms with Crippen molar-refractivity contribution in [1.82, 2.24) is 0 Å². The lowest BCUT2D eigenvalue weighted by Crippen LogP contribution is -2.52. The molecule has 0 atom stereocenters. The number of carbonyl (C=O) groups is 2. The van der Waals surface area contributed by atoms with Crippen LogP contribution in [0.3, 0.4) is 0 Å². The Hall–Kier alpha value is -2.63. The summed E-state index contributed by atoms with van der Waals surface area (Å²) in [6, 6.07) is 9.17. The minimum atomic E-state index is -0.636. The summed E-state index contributed by atoms with van der Waals surface area (Å²) in [5.41, 5.74) is 2.75. The highest BCUT2D eigenvalue weighted by Gasteiger charge is 2.26. The molecule has 0 aliphatic carbocycles. The van der Waals surface area contributed by atoms with Gasteiger partial charge in [-0.25, -0.2) is 9.59 Å². The van der Waals surface area contributed by atoms with Gasteiger partial charge in [-0.1, -0.05) is 28.3 Å². The molecule has 0 aliphatic rings. The summed E-state index contributed by atoms with van der Waals surface area (Å²) in [6.45, 7) is 3.93. The van der Waals surface area contributed by atoms with Crippen LogP contribution in [0.5, 0.6) is 0 Å². The molecular weight excluding hydrogens is 272 g/mol. The second-order valence-electron chi connectivity index (χ2n) is 4.17. The minimum Gasteiger partial charge on any atom is -0.458 e. The Bertz CT molecular complexity index is 670. The van der Waals surface area contributed by atoms with Crippen LogP contribution < -0.4 is 10.1 Å². The molecule has 0 bridgehead atoms. The fraction of sp³-hybridized carbons (Fsp3) is 0.267. The zero-order valence-corrected chi connectivity index (χ0v) is 12.0. The third kappa shape index (κ3) is 3.28. The van der Waals surface area contributed by atoms with Crippen LogP contribution in [-0.2, 0) is 9.47 Å². The number of nitrogens with one attached hydrogen (secondary N) is 1. The highest BCUT2D eigenvalue weighted by molar-refractivity contribution is 6.01. The van der Waals surface area contributed by atoms with E-state index in [0.29, 0.717) is 5.39 Å². The van der Waals surface area contributed by atoms with E-state index in [1.165, 1.54) is 4.68 Å². The largest absolute Gasteiger partial charge is 0.461 e. The van der Waals surface area contributed by atoms with Gasteiger partial charge in [0.1, 0.15) is 0 Å². The SMILES string of the molecule is CCOC(=O)N[n+]1ccc2ccccc2c1C(=O)OCC. The topological polar surface area (TPSA) is 68.5 Å². The number of ether oxygens (including phenoxy) is 2. The number of aromatic nitrogens is 1. The maximum Gasteiger partial charge on any atom is 0.461 e. The number of carbonyl (C=O) groups excluding carboxylic acids is 2. The van der Waals surface area contributed by atoms with Crippen molar-refractivity contribution in [2.24, 2.45) is 0 Å². The van der Waals surface area contributed by atoms with Crippen LogP contribution in [0.15, 0.2) is 36.5 Å². The first-order valence-electron chi connectivity index (χ1n) is 6.71. The van der Waals surface area contributed by atoms with Gasteiger partial charge in [-0.15, -0.1) is 0 Å². The number of amides is 1. The lowest BCUT2D eigenvalue weighted by Gasteiger charge is -2.06. The van der Waals surface area contributed by atoms with Crippen molar-refractivity contribution >= 4 is 22.8 Å². The summed E-state index contributed by atoms with van der Waals surface area (Å²) in [5, 5.41) is 1.57. The molecule has 2 rings (SSSR count). The molecule has 0 aliphatic heterocycles. The molecule has 0 unspecified atom stereocenters. The van der Waals surface area contributed by atoms with Gasteiger partial charge in [0.25, 0.3) is 0 Å². The predicted molar refractivity (Wildman–Crippen MR) is 76.5 cm³/mol. The van der Waals surface area contributed by atoms with E-state index in [1.807, 2.05) is 18.2 Å². The average Bonchev–Trinajstić information content (AvgIpc) is 2.47. The smallest absolute Gasteiger partial charge is 0.458 e. The number of rotatable bonds is 4. The first kappa shape index (κ1) is 14.8. The van der Waals surface area contributed by atoms with Crippen molar-refractivity contribution < 1.29 is 23.7 Å². The van der Waals surface area contributed by atoms with Gasteiger partial charge < -0.3 is 9.47 Å². The molecule has 0 fully saturated rings. The summed E-state index contributed by atoms with van der Waals surface area (Å²) in [6.07, 6.45) is 0.953. The van der Waals surface area contributed by atoms with Crippen LogP contribution in [0, 0.1) is 0 Å². The molecule has 1 aromatic carbocycles. The Morgan fingerprint density at radius 2 is 1.81 bits per heavy atom. The standard InChI is InChI=1S/C15H16N2O4/c1-3-20-14(18)13-12-8-6-5-7-11(12)9-10-17(13)16-15(19)21-4-2/h5-10H,3-4H2,1-2H3/p+1. The molecule has 0 spiro atoms. The molecule has 0 saturated heterocycles. The van der Waals surface area contributed by atoms with Gasteiger partial charge in [0.05, 0.1) is 18.6 Å². The molecule has 1 N–H and O–H groups in total. The molecule has 110 valence electrons. The normalized spacial score (nSPS) is 10.2. The third-order valence-corrected chi connectivity index (χ3v) is 2.82. The molecule has 1 aromatic heterocycles. The van der Waals surface area contributed by atoms with Crippen molar-refractivity contribution in [2.75, 3.05) is 18.6 Å². The molecule has 1 heterocycles. The highest BCUT2D eigenvalue weighted by Crippen LogP contribution is 2.15. The average molecular weight is 289 g/mol. The highest BCUT2D eigenvalue weighted by atomic mass is 16.6. The van der Waals surface area contributed by atoms with Gasteiger partial charge in [-0.2, -0.15) is 0 Å². The maximum absolute atomic E-state index is 12.2. The molecule has 6 nitrogen and oxygen atoms in total. The van der Waals surface area contributed by atoms with Crippen molar-refractivity contribution in [1.29, 1.82) is 0 Å². The first-order valence-corrected chi connectivity index (χ1v) is 6.71. The van der Waals surface area contributed by atoms with Gasteiger partial charge >= 0.3 is 17.8 Å². The fourth-order valence-electron chi connectivity index (χ4n) is 1.98. The number of benzene rings is 1. The van der Waals surface area contributed by atoms with E-state index >= 15 is 0 Å². The quantitative estimate of drug-likeness (QED) is 0.690. The van der Waals surface area contributed by atoms with Crippen LogP contribution >= 0.6 is 0 Å². The Kier molecular flexibility index (Phi) is 4.71. The molecule has 21 heavy (non-hydrogen) atoms. The number of hydrogen-bond acceptors (Lipinski definition) is 4. The van der Waals surface area contributed by atoms with Crippen LogP contribution in [-0.4, -0.2) is 25.3 Å². The van der Waals surface area contributed by atoms with E-state index in [2.05, 4.69) is 5.43 Å². The van der Waals surface area contributed by atoms with Crippen molar-refractivity contribution in [3.05, 3.63) is 42.2 Å². The zero-order valence-electron chi connectivity index (χ0n) is 12.0. The van der Waals surface area contributed by atoms with Crippen molar-refractivity contribution in [3.8, 4) is 0 Å². The molecule has 2 aromatic rings. The Morgan fingerprint density at radius 1 is 1.10 bits per heavy atom. The van der Waals surface area contributed by atoms with Crippen LogP contribution in [0.2, 0.25) is 0 Å². The summed E-state index contributed by atoms with van der Waals surface area (Å²) in [7, 11) is 0. The number of esters is 1. The van der Waals surface area contributed by atoms with E-state index in [9.17, 15) is 9.59 Å². The third-order valence-electron chi connectivity index (χ3n) is 2.82. The van der Waals surface area contributed by atoms with Crippen molar-refractivity contribution in [2.45, 2.75) is 13.8 Å². The fourth-order valence-corrected chi connectivity index (χ4v) is 1.98. The Morgan fingerprint density at radius 3 is 2.52 bits per heavy atom. The van der Waals surface area contributed by atoms with E-state index in [0.717, 1.165) is 5.39 Å². The van der Waals surface area contributed by atoms with E-state index < -0.39 is 12.1 Å². The van der Waals surface area contributed by atoms with Gasteiger partial charge in [0.2, 0.25) is 6.20 Å². The molecule has 0 saturated carbocycles. The number of fused-ring (bicyclic) bond motifs is 1. The first-order chi connectivity index (χ1) is 10.2. The van der Waals surface area contributed by atoms with Gasteiger partial charge in [-0.3, -0.25) is 0 Å². The number of hydrogen-bond donors (Lipinski definition) is 1. The monoisotopic (exact) mass is 289 g/mol. The molecule has 0 radical (unpaired) electrons. The van der Waals surface area contributed by atoms with Crippen LogP contribution in [0.1, 0.15) is 24.3 Å². The molecule has 6 heteroatoms. The zero-order chi connectivity index (χ0) is 15.2. The summed E-state index contributed by atoms with van der Waals surface area (Å²) >= 11 is 0. The summed E-state index contributed by atoms with van der Waals surface area (Å²) in [5.74, 6) is -0.508. The summed E-state index contributed by atoms with van der Waals surface area (Å²) < 4.78 is 11.2. The van der Waals surface area contributed by atoms with Gasteiger partial charge in [0, 0.05) is 6.07 Å². The second kappa shape index (κ2) is 6.69. The lowest BCUT2D eigenvalue weighted by atomic mass is 10.1. The summed E-state index contributed by atoms with van der Waals surface area (Å²) in [4.78, 5) is 23.8. The van der Waals surface area contributed by atoms with Crippen molar-refractivity contribution in [3.63, 3.8) is 0 Å². The molecular formula is C15H17N2O4+. The Labute approximate surface area is 122 Å². The van der Waals surface area contributed by atoms with E-state index in [-0.39, 0.29) is 18.9 Å².